The summed E-state index contributed by atoms with van der Waals surface area (Å²) < 4.78 is 16.4. The summed E-state index contributed by atoms with van der Waals surface area (Å²) in [5.74, 6) is 2.25. The van der Waals surface area contributed by atoms with Crippen LogP contribution in [0.2, 0.25) is 0 Å². The van der Waals surface area contributed by atoms with Crippen LogP contribution in [0.25, 0.3) is 11.5 Å². The summed E-state index contributed by atoms with van der Waals surface area (Å²) in [5.41, 5.74) is 6.62. The molecule has 0 fully saturated rings. The van der Waals surface area contributed by atoms with Crippen molar-refractivity contribution in [3.63, 3.8) is 0 Å². The molecular weight excluding hydrogens is 246 g/mol. The molecule has 0 spiro atoms. The van der Waals surface area contributed by atoms with Crippen LogP contribution in [0.15, 0.2) is 22.7 Å². The van der Waals surface area contributed by atoms with Crippen molar-refractivity contribution in [3.8, 4) is 23.0 Å². The average Bonchev–Trinajstić information content (AvgIpc) is 2.95. The second-order valence-electron chi connectivity index (χ2n) is 4.30. The smallest absolute Gasteiger partial charge is 0.261 e. The topological polar surface area (TPSA) is 83.4 Å². The number of ether oxygens (including phenoxy) is 2. The van der Waals surface area contributed by atoms with Crippen LogP contribution in [0, 0.1) is 0 Å². The van der Waals surface area contributed by atoms with Crippen molar-refractivity contribution in [1.29, 1.82) is 0 Å². The van der Waals surface area contributed by atoms with Gasteiger partial charge >= 0.3 is 0 Å². The number of nitrogens with zero attached hydrogens (tertiary/aromatic N) is 2. The number of para-hydroxylation sites is 1. The van der Waals surface area contributed by atoms with Crippen LogP contribution >= 0.6 is 0 Å². The molecule has 3 rings (SSSR count). The fourth-order valence-corrected chi connectivity index (χ4v) is 1.92. The number of hydrogen-bond acceptors (Lipinski definition) is 6. The van der Waals surface area contributed by atoms with Crippen molar-refractivity contribution in [2.24, 2.45) is 5.73 Å². The number of aromatic nitrogens is 2. The lowest BCUT2D eigenvalue weighted by Crippen LogP contribution is -2.15. The average molecular weight is 261 g/mol. The third-order valence-electron chi connectivity index (χ3n) is 3.01. The third kappa shape index (κ3) is 2.15. The lowest BCUT2D eigenvalue weighted by Gasteiger charge is -2.19. The molecule has 0 radical (unpaired) electrons. The maximum absolute atomic E-state index is 5.88. The number of rotatable bonds is 3. The minimum atomic E-state index is -0.214. The second kappa shape index (κ2) is 4.89. The first kappa shape index (κ1) is 12.0. The molecule has 2 aromatic rings. The molecule has 1 aromatic carbocycles. The van der Waals surface area contributed by atoms with Gasteiger partial charge in [-0.3, -0.25) is 0 Å². The Balaban J connectivity index is 2.00. The van der Waals surface area contributed by atoms with Gasteiger partial charge in [0.25, 0.3) is 5.89 Å². The SMILES string of the molecule is CCC(N)c1noc(-c2cccc3c2OCCO3)n1. The molecule has 0 aliphatic carbocycles. The van der Waals surface area contributed by atoms with Gasteiger partial charge in [-0.05, 0) is 18.6 Å². The normalized spacial score (nSPS) is 15.3. The van der Waals surface area contributed by atoms with E-state index >= 15 is 0 Å². The zero-order valence-corrected chi connectivity index (χ0v) is 10.6. The van der Waals surface area contributed by atoms with Gasteiger partial charge in [0.1, 0.15) is 13.2 Å². The van der Waals surface area contributed by atoms with Gasteiger partial charge in [0.05, 0.1) is 11.6 Å². The van der Waals surface area contributed by atoms with Crippen LogP contribution in [0.5, 0.6) is 11.5 Å². The number of benzene rings is 1. The van der Waals surface area contributed by atoms with E-state index in [1.165, 1.54) is 0 Å². The molecular formula is C13H15N3O3. The van der Waals surface area contributed by atoms with Crippen LogP contribution in [-0.4, -0.2) is 23.4 Å². The molecule has 0 saturated heterocycles. The van der Waals surface area contributed by atoms with Crippen molar-refractivity contribution in [1.82, 2.24) is 10.1 Å². The zero-order valence-electron chi connectivity index (χ0n) is 10.6. The van der Waals surface area contributed by atoms with Crippen LogP contribution in [0.3, 0.4) is 0 Å². The number of hydrogen-bond donors (Lipinski definition) is 1. The Morgan fingerprint density at radius 2 is 2.16 bits per heavy atom. The largest absolute Gasteiger partial charge is 0.486 e. The van der Waals surface area contributed by atoms with E-state index in [2.05, 4.69) is 10.1 Å². The Morgan fingerprint density at radius 1 is 1.32 bits per heavy atom. The molecule has 100 valence electrons. The highest BCUT2D eigenvalue weighted by Gasteiger charge is 2.21. The first-order chi connectivity index (χ1) is 9.29. The number of fused-ring (bicyclic) bond motifs is 1. The Bertz CT molecular complexity index is 582. The first-order valence-electron chi connectivity index (χ1n) is 6.27. The minimum Gasteiger partial charge on any atom is -0.486 e. The fraction of sp³-hybridized carbons (Fsp3) is 0.385. The van der Waals surface area contributed by atoms with E-state index in [1.54, 1.807) is 0 Å². The molecule has 1 unspecified atom stereocenters. The molecule has 1 atom stereocenters. The van der Waals surface area contributed by atoms with Crippen molar-refractivity contribution in [3.05, 3.63) is 24.0 Å². The predicted molar refractivity (Wildman–Crippen MR) is 67.9 cm³/mol. The summed E-state index contributed by atoms with van der Waals surface area (Å²) in [6.45, 7) is 3.04. The maximum Gasteiger partial charge on any atom is 0.261 e. The van der Waals surface area contributed by atoms with Gasteiger partial charge in [-0.15, -0.1) is 0 Å². The summed E-state index contributed by atoms with van der Waals surface area (Å²) in [7, 11) is 0. The molecule has 0 bridgehead atoms. The van der Waals surface area contributed by atoms with Crippen LogP contribution in [0.4, 0.5) is 0 Å². The van der Waals surface area contributed by atoms with Crippen molar-refractivity contribution >= 4 is 0 Å². The first-order valence-corrected chi connectivity index (χ1v) is 6.27. The molecule has 2 N–H and O–H groups in total. The van der Waals surface area contributed by atoms with Gasteiger partial charge in [-0.2, -0.15) is 4.98 Å². The number of nitrogens with two attached hydrogens (primary N) is 1. The molecule has 1 aromatic heterocycles. The standard InChI is InChI=1S/C13H15N3O3/c1-2-9(14)12-15-13(19-16-12)8-4-3-5-10-11(8)18-7-6-17-10/h3-5,9H,2,6-7,14H2,1H3. The third-order valence-corrected chi connectivity index (χ3v) is 3.01. The summed E-state index contributed by atoms with van der Waals surface area (Å²) in [6, 6.07) is 5.37. The van der Waals surface area contributed by atoms with Gasteiger partial charge in [-0.25, -0.2) is 0 Å². The summed E-state index contributed by atoms with van der Waals surface area (Å²) >= 11 is 0. The highest BCUT2D eigenvalue weighted by Crippen LogP contribution is 2.39. The van der Waals surface area contributed by atoms with E-state index in [-0.39, 0.29) is 6.04 Å². The summed E-state index contributed by atoms with van der Waals surface area (Å²) in [4.78, 5) is 4.32. The minimum absolute atomic E-state index is 0.214. The van der Waals surface area contributed by atoms with E-state index in [0.29, 0.717) is 36.4 Å². The quantitative estimate of drug-likeness (QED) is 0.908. The van der Waals surface area contributed by atoms with Crippen molar-refractivity contribution in [2.45, 2.75) is 19.4 Å². The van der Waals surface area contributed by atoms with E-state index in [9.17, 15) is 0 Å². The van der Waals surface area contributed by atoms with Gasteiger partial charge < -0.3 is 19.7 Å². The lowest BCUT2D eigenvalue weighted by atomic mass is 10.1. The Labute approximate surface area is 110 Å². The van der Waals surface area contributed by atoms with Crippen LogP contribution in [-0.2, 0) is 0 Å². The molecule has 1 aliphatic heterocycles. The monoisotopic (exact) mass is 261 g/mol. The van der Waals surface area contributed by atoms with E-state index in [0.717, 1.165) is 12.0 Å². The van der Waals surface area contributed by atoms with Crippen LogP contribution < -0.4 is 15.2 Å². The van der Waals surface area contributed by atoms with Gasteiger partial charge in [0, 0.05) is 0 Å². The fourth-order valence-electron chi connectivity index (χ4n) is 1.92. The maximum atomic E-state index is 5.88. The molecule has 6 nitrogen and oxygen atoms in total. The van der Waals surface area contributed by atoms with Crippen molar-refractivity contribution < 1.29 is 14.0 Å². The Hall–Kier alpha value is -2.08. The van der Waals surface area contributed by atoms with Gasteiger partial charge in [-0.1, -0.05) is 18.1 Å². The van der Waals surface area contributed by atoms with E-state index < -0.39 is 0 Å². The Kier molecular flexibility index (Phi) is 3.08. The van der Waals surface area contributed by atoms with Gasteiger partial charge in [0.2, 0.25) is 0 Å². The lowest BCUT2D eigenvalue weighted by molar-refractivity contribution is 0.172. The molecule has 0 amide bonds. The predicted octanol–water partition coefficient (Wildman–Crippen LogP) is 1.92. The molecule has 2 heterocycles. The second-order valence-corrected chi connectivity index (χ2v) is 4.30. The van der Waals surface area contributed by atoms with Crippen molar-refractivity contribution in [2.75, 3.05) is 13.2 Å². The Morgan fingerprint density at radius 3 is 3.00 bits per heavy atom. The highest BCUT2D eigenvalue weighted by atomic mass is 16.6. The van der Waals surface area contributed by atoms with E-state index in [1.807, 2.05) is 25.1 Å². The van der Waals surface area contributed by atoms with E-state index in [4.69, 9.17) is 19.7 Å². The summed E-state index contributed by atoms with van der Waals surface area (Å²) in [6.07, 6.45) is 0.755. The molecule has 0 saturated carbocycles. The zero-order chi connectivity index (χ0) is 13.2. The summed E-state index contributed by atoms with van der Waals surface area (Å²) in [5, 5.41) is 3.90. The van der Waals surface area contributed by atoms with Gasteiger partial charge in [0.15, 0.2) is 17.3 Å². The highest BCUT2D eigenvalue weighted by molar-refractivity contribution is 5.67. The molecule has 6 heteroatoms. The van der Waals surface area contributed by atoms with Crippen LogP contribution in [0.1, 0.15) is 25.2 Å². The molecule has 1 aliphatic rings. The molecule has 19 heavy (non-hydrogen) atoms.